The predicted octanol–water partition coefficient (Wildman–Crippen LogP) is 4.11. The van der Waals surface area contributed by atoms with Crippen molar-refractivity contribution in [3.8, 4) is 5.75 Å². The molecule has 1 aliphatic rings. The van der Waals surface area contributed by atoms with E-state index in [1.54, 1.807) is 7.11 Å². The first-order chi connectivity index (χ1) is 8.89. The molecular formula is C16H21BrO2. The van der Waals surface area contributed by atoms with Gasteiger partial charge in [-0.05, 0) is 48.4 Å². The molecule has 1 aromatic rings. The Hall–Kier alpha value is -0.800. The molecule has 1 unspecified atom stereocenters. The van der Waals surface area contributed by atoms with E-state index in [0.29, 0.717) is 0 Å². The van der Waals surface area contributed by atoms with Crippen molar-refractivity contribution in [1.29, 1.82) is 0 Å². The smallest absolute Gasteiger partial charge is 0.119 e. The number of ether oxygens (including phenoxy) is 1. The van der Waals surface area contributed by atoms with E-state index in [9.17, 15) is 5.11 Å². The summed E-state index contributed by atoms with van der Waals surface area (Å²) in [5.74, 6) is 0.870. The monoisotopic (exact) mass is 324 g/mol. The van der Waals surface area contributed by atoms with Crippen LogP contribution in [0.25, 0.3) is 0 Å². The molecule has 0 aliphatic heterocycles. The Morgan fingerprint density at radius 1 is 1.42 bits per heavy atom. The first kappa shape index (κ1) is 14.6. The minimum absolute atomic E-state index is 0.175. The molecule has 0 saturated carbocycles. The van der Waals surface area contributed by atoms with Crippen LogP contribution in [0.4, 0.5) is 0 Å². The molecule has 19 heavy (non-hydrogen) atoms. The Labute approximate surface area is 123 Å². The molecular weight excluding hydrogens is 304 g/mol. The van der Waals surface area contributed by atoms with Crippen molar-refractivity contribution < 1.29 is 9.84 Å². The van der Waals surface area contributed by atoms with Gasteiger partial charge < -0.3 is 9.84 Å². The Balaban J connectivity index is 2.21. The van der Waals surface area contributed by atoms with Crippen molar-refractivity contribution in [3.63, 3.8) is 0 Å². The Morgan fingerprint density at radius 2 is 2.16 bits per heavy atom. The summed E-state index contributed by atoms with van der Waals surface area (Å²) in [6.07, 6.45) is 4.43. The highest BCUT2D eigenvalue weighted by Crippen LogP contribution is 2.37. The third kappa shape index (κ3) is 3.83. The second-order valence-corrected chi connectivity index (χ2v) is 6.93. The van der Waals surface area contributed by atoms with E-state index in [1.165, 1.54) is 11.1 Å². The van der Waals surface area contributed by atoms with Crippen LogP contribution in [0, 0.1) is 5.41 Å². The van der Waals surface area contributed by atoms with Crippen molar-refractivity contribution in [2.24, 2.45) is 5.41 Å². The molecule has 104 valence electrons. The van der Waals surface area contributed by atoms with Gasteiger partial charge in [0.15, 0.2) is 0 Å². The number of allylic oxidation sites excluding steroid dienone is 1. The zero-order valence-corrected chi connectivity index (χ0v) is 13.3. The van der Waals surface area contributed by atoms with Crippen LogP contribution in [0.2, 0.25) is 0 Å². The van der Waals surface area contributed by atoms with Gasteiger partial charge in [0, 0.05) is 4.47 Å². The van der Waals surface area contributed by atoms with Crippen LogP contribution in [0.3, 0.4) is 0 Å². The third-order valence-electron chi connectivity index (χ3n) is 3.57. The molecule has 0 radical (unpaired) electrons. The first-order valence-corrected chi connectivity index (χ1v) is 7.39. The fourth-order valence-electron chi connectivity index (χ4n) is 2.82. The quantitative estimate of drug-likeness (QED) is 0.848. The number of aliphatic hydroxyl groups excluding tert-OH is 1. The van der Waals surface area contributed by atoms with Crippen LogP contribution in [0.15, 0.2) is 34.3 Å². The predicted molar refractivity (Wildman–Crippen MR) is 81.5 cm³/mol. The standard InChI is InChI=1S/C16H21BrO2/c1-16(2)9-11(7-13(18)10-16)6-12-8-14(19-3)4-5-15(12)17/h4-5,7-8,13,18H,6,9-10H2,1-3H3. The van der Waals surface area contributed by atoms with Crippen molar-refractivity contribution in [2.75, 3.05) is 7.11 Å². The Kier molecular flexibility index (Phi) is 4.36. The zero-order valence-electron chi connectivity index (χ0n) is 11.7. The summed E-state index contributed by atoms with van der Waals surface area (Å²) < 4.78 is 6.36. The molecule has 2 rings (SSSR count). The van der Waals surface area contributed by atoms with Crippen molar-refractivity contribution in [3.05, 3.63) is 39.9 Å². The van der Waals surface area contributed by atoms with Crippen LogP contribution in [-0.2, 0) is 6.42 Å². The fourth-order valence-corrected chi connectivity index (χ4v) is 3.21. The molecule has 0 fully saturated rings. The summed E-state index contributed by atoms with van der Waals surface area (Å²) in [6, 6.07) is 6.01. The molecule has 2 nitrogen and oxygen atoms in total. The summed E-state index contributed by atoms with van der Waals surface area (Å²) in [7, 11) is 1.68. The minimum atomic E-state index is -0.317. The fraction of sp³-hybridized carbons (Fsp3) is 0.500. The van der Waals surface area contributed by atoms with Gasteiger partial charge in [0.1, 0.15) is 5.75 Å². The number of aliphatic hydroxyl groups is 1. The van der Waals surface area contributed by atoms with E-state index in [2.05, 4.69) is 35.8 Å². The Bertz CT molecular complexity index is 492. The van der Waals surface area contributed by atoms with Crippen LogP contribution in [0.5, 0.6) is 5.75 Å². The maximum atomic E-state index is 9.95. The van der Waals surface area contributed by atoms with E-state index in [1.807, 2.05) is 18.2 Å². The molecule has 1 atom stereocenters. The molecule has 0 amide bonds. The van der Waals surface area contributed by atoms with Gasteiger partial charge in [0.2, 0.25) is 0 Å². The van der Waals surface area contributed by atoms with Crippen molar-refractivity contribution in [1.82, 2.24) is 0 Å². The zero-order chi connectivity index (χ0) is 14.0. The maximum Gasteiger partial charge on any atom is 0.119 e. The van der Waals surface area contributed by atoms with E-state index >= 15 is 0 Å². The number of hydrogen-bond donors (Lipinski definition) is 1. The number of methoxy groups -OCH3 is 1. The van der Waals surface area contributed by atoms with Gasteiger partial charge in [-0.15, -0.1) is 0 Å². The largest absolute Gasteiger partial charge is 0.497 e. The molecule has 1 N–H and O–H groups in total. The molecule has 1 aliphatic carbocycles. The molecule has 0 heterocycles. The minimum Gasteiger partial charge on any atom is -0.497 e. The third-order valence-corrected chi connectivity index (χ3v) is 4.34. The molecule has 0 aromatic heterocycles. The molecule has 0 bridgehead atoms. The van der Waals surface area contributed by atoms with Gasteiger partial charge in [-0.3, -0.25) is 0 Å². The van der Waals surface area contributed by atoms with Crippen LogP contribution in [0.1, 0.15) is 32.3 Å². The second kappa shape index (κ2) is 5.68. The number of halogens is 1. The second-order valence-electron chi connectivity index (χ2n) is 6.07. The lowest BCUT2D eigenvalue weighted by Crippen LogP contribution is -2.25. The lowest BCUT2D eigenvalue weighted by atomic mass is 9.75. The van der Waals surface area contributed by atoms with E-state index in [0.717, 1.165) is 29.5 Å². The lowest BCUT2D eigenvalue weighted by molar-refractivity contribution is 0.138. The van der Waals surface area contributed by atoms with Gasteiger partial charge in [0.05, 0.1) is 13.2 Å². The van der Waals surface area contributed by atoms with Crippen molar-refractivity contribution >= 4 is 15.9 Å². The van der Waals surface area contributed by atoms with E-state index < -0.39 is 0 Å². The number of rotatable bonds is 3. The van der Waals surface area contributed by atoms with Crippen molar-refractivity contribution in [2.45, 2.75) is 39.2 Å². The highest BCUT2D eigenvalue weighted by Gasteiger charge is 2.27. The molecule has 0 saturated heterocycles. The van der Waals surface area contributed by atoms with Crippen LogP contribution in [-0.4, -0.2) is 18.3 Å². The summed E-state index contributed by atoms with van der Waals surface area (Å²) in [4.78, 5) is 0. The average molecular weight is 325 g/mol. The average Bonchev–Trinajstić information content (AvgIpc) is 2.29. The van der Waals surface area contributed by atoms with Gasteiger partial charge in [-0.2, -0.15) is 0 Å². The normalized spacial score (nSPS) is 21.9. The summed E-state index contributed by atoms with van der Waals surface area (Å²) >= 11 is 3.58. The van der Waals surface area contributed by atoms with Crippen LogP contribution >= 0.6 is 15.9 Å². The van der Waals surface area contributed by atoms with Gasteiger partial charge in [-0.25, -0.2) is 0 Å². The van der Waals surface area contributed by atoms with E-state index in [4.69, 9.17) is 4.74 Å². The van der Waals surface area contributed by atoms with Gasteiger partial charge in [-0.1, -0.05) is 41.4 Å². The highest BCUT2D eigenvalue weighted by molar-refractivity contribution is 9.10. The Morgan fingerprint density at radius 3 is 2.79 bits per heavy atom. The molecule has 1 aromatic carbocycles. The summed E-state index contributed by atoms with van der Waals surface area (Å²) in [6.45, 7) is 4.42. The molecule has 0 spiro atoms. The first-order valence-electron chi connectivity index (χ1n) is 6.60. The lowest BCUT2D eigenvalue weighted by Gasteiger charge is -2.32. The topological polar surface area (TPSA) is 29.5 Å². The number of hydrogen-bond acceptors (Lipinski definition) is 2. The van der Waals surface area contributed by atoms with Crippen LogP contribution < -0.4 is 4.74 Å². The summed E-state index contributed by atoms with van der Waals surface area (Å²) in [5.41, 5.74) is 2.68. The molecule has 3 heteroatoms. The van der Waals surface area contributed by atoms with Gasteiger partial charge >= 0.3 is 0 Å². The van der Waals surface area contributed by atoms with E-state index in [-0.39, 0.29) is 11.5 Å². The number of benzene rings is 1. The SMILES string of the molecule is COc1ccc(Br)c(CC2=CC(O)CC(C)(C)C2)c1. The maximum absolute atomic E-state index is 9.95. The summed E-state index contributed by atoms with van der Waals surface area (Å²) in [5, 5.41) is 9.95. The van der Waals surface area contributed by atoms with Gasteiger partial charge in [0.25, 0.3) is 0 Å². The highest BCUT2D eigenvalue weighted by atomic mass is 79.9.